The summed E-state index contributed by atoms with van der Waals surface area (Å²) in [5.41, 5.74) is 0.260. The minimum absolute atomic E-state index is 0.107. The van der Waals surface area contributed by atoms with Gasteiger partial charge in [-0.3, -0.25) is 4.79 Å². The fraction of sp³-hybridized carbons (Fsp3) is 0.500. The Hall–Kier alpha value is -1.95. The highest BCUT2D eigenvalue weighted by Crippen LogP contribution is 2.16. The zero-order chi connectivity index (χ0) is 14.7. The van der Waals surface area contributed by atoms with Crippen LogP contribution in [0.2, 0.25) is 0 Å². The van der Waals surface area contributed by atoms with Gasteiger partial charge in [-0.1, -0.05) is 0 Å². The molecule has 1 unspecified atom stereocenters. The van der Waals surface area contributed by atoms with E-state index in [2.05, 4.69) is 16.9 Å². The maximum absolute atomic E-state index is 12.3. The number of pyridine rings is 1. The molecule has 0 saturated carbocycles. The van der Waals surface area contributed by atoms with Gasteiger partial charge in [0.25, 0.3) is 5.91 Å². The van der Waals surface area contributed by atoms with E-state index >= 15 is 0 Å². The third-order valence-corrected chi connectivity index (χ3v) is 3.59. The summed E-state index contributed by atoms with van der Waals surface area (Å²) in [7, 11) is 3.82. The Morgan fingerprint density at radius 2 is 2.30 bits per heavy atom. The van der Waals surface area contributed by atoms with Crippen molar-refractivity contribution in [1.82, 2.24) is 14.8 Å². The van der Waals surface area contributed by atoms with Gasteiger partial charge in [-0.05, 0) is 38.1 Å². The lowest BCUT2D eigenvalue weighted by atomic mass is 10.1. The normalized spacial score (nSPS) is 19.0. The number of aromatic nitrogens is 1. The molecule has 1 atom stereocenters. The van der Waals surface area contributed by atoms with Crippen LogP contribution < -0.4 is 0 Å². The van der Waals surface area contributed by atoms with Crippen molar-refractivity contribution in [3.8, 4) is 0 Å². The van der Waals surface area contributed by atoms with Crippen molar-refractivity contribution in [3.63, 3.8) is 0 Å². The van der Waals surface area contributed by atoms with Crippen molar-refractivity contribution in [3.05, 3.63) is 29.6 Å². The fourth-order valence-corrected chi connectivity index (χ4v) is 2.55. The Labute approximate surface area is 118 Å². The van der Waals surface area contributed by atoms with Gasteiger partial charge in [0.2, 0.25) is 0 Å². The molecule has 20 heavy (non-hydrogen) atoms. The average molecular weight is 277 g/mol. The second-order valence-corrected chi connectivity index (χ2v) is 5.34. The molecule has 0 spiro atoms. The van der Waals surface area contributed by atoms with Gasteiger partial charge in [0, 0.05) is 31.9 Å². The second kappa shape index (κ2) is 6.00. The molecule has 6 nitrogen and oxygen atoms in total. The number of amides is 1. The van der Waals surface area contributed by atoms with E-state index < -0.39 is 5.97 Å². The van der Waals surface area contributed by atoms with E-state index in [1.807, 2.05) is 0 Å². The van der Waals surface area contributed by atoms with Gasteiger partial charge in [0.15, 0.2) is 0 Å². The second-order valence-electron chi connectivity index (χ2n) is 5.34. The van der Waals surface area contributed by atoms with Crippen LogP contribution in [0, 0.1) is 5.92 Å². The Kier molecular flexibility index (Phi) is 4.34. The molecule has 1 aliphatic rings. The van der Waals surface area contributed by atoms with Gasteiger partial charge in [-0.2, -0.15) is 0 Å². The number of carboxylic acids is 1. The number of carboxylic acid groups (broad SMARTS) is 1. The molecule has 0 bridgehead atoms. The Bertz CT molecular complexity index is 518. The van der Waals surface area contributed by atoms with E-state index in [0.29, 0.717) is 18.0 Å². The van der Waals surface area contributed by atoms with E-state index in [0.717, 1.165) is 19.5 Å². The first-order valence-electron chi connectivity index (χ1n) is 6.60. The van der Waals surface area contributed by atoms with Crippen molar-refractivity contribution in [2.75, 3.05) is 33.7 Å². The predicted octanol–water partition coefficient (Wildman–Crippen LogP) is 0.803. The number of nitrogens with zero attached hydrogens (tertiary/aromatic N) is 3. The molecule has 0 aromatic carbocycles. The molecule has 0 aliphatic carbocycles. The van der Waals surface area contributed by atoms with Gasteiger partial charge < -0.3 is 14.9 Å². The lowest BCUT2D eigenvalue weighted by Gasteiger charge is -2.21. The van der Waals surface area contributed by atoms with Crippen LogP contribution in [-0.4, -0.2) is 65.5 Å². The number of rotatable bonds is 4. The van der Waals surface area contributed by atoms with Crippen LogP contribution in [0.3, 0.4) is 0 Å². The maximum Gasteiger partial charge on any atom is 0.354 e. The third kappa shape index (κ3) is 3.33. The highest BCUT2D eigenvalue weighted by molar-refractivity contribution is 5.96. The molecule has 1 amide bonds. The minimum Gasteiger partial charge on any atom is -0.477 e. The summed E-state index contributed by atoms with van der Waals surface area (Å²) in [5.74, 6) is -0.807. The Morgan fingerprint density at radius 1 is 1.55 bits per heavy atom. The monoisotopic (exact) mass is 277 g/mol. The van der Waals surface area contributed by atoms with Crippen molar-refractivity contribution >= 4 is 11.9 Å². The maximum atomic E-state index is 12.3. The van der Waals surface area contributed by atoms with Crippen LogP contribution in [0.15, 0.2) is 18.3 Å². The van der Waals surface area contributed by atoms with E-state index in [4.69, 9.17) is 5.11 Å². The minimum atomic E-state index is -1.13. The standard InChI is InChI=1S/C14H19N3O3/c1-16-6-4-10(8-16)9-17(2)13(18)11-3-5-15-12(7-11)14(19)20/h3,5,7,10H,4,6,8-9H2,1-2H3,(H,19,20). The van der Waals surface area contributed by atoms with Crippen LogP contribution in [0.5, 0.6) is 0 Å². The van der Waals surface area contributed by atoms with Gasteiger partial charge in [-0.15, -0.1) is 0 Å². The van der Waals surface area contributed by atoms with Crippen molar-refractivity contribution < 1.29 is 14.7 Å². The van der Waals surface area contributed by atoms with Gasteiger partial charge >= 0.3 is 5.97 Å². The summed E-state index contributed by atoms with van der Waals surface area (Å²) in [6, 6.07) is 2.87. The first-order valence-corrected chi connectivity index (χ1v) is 6.60. The highest BCUT2D eigenvalue weighted by atomic mass is 16.4. The molecule has 1 aromatic heterocycles. The van der Waals surface area contributed by atoms with Crippen molar-refractivity contribution in [2.45, 2.75) is 6.42 Å². The first-order chi connectivity index (χ1) is 9.47. The van der Waals surface area contributed by atoms with E-state index in [9.17, 15) is 9.59 Å². The highest BCUT2D eigenvalue weighted by Gasteiger charge is 2.23. The number of hydrogen-bond donors (Lipinski definition) is 1. The summed E-state index contributed by atoms with van der Waals surface area (Å²) < 4.78 is 0. The molecule has 1 aromatic rings. The van der Waals surface area contributed by atoms with E-state index in [1.165, 1.54) is 12.3 Å². The van der Waals surface area contributed by atoms with E-state index in [1.54, 1.807) is 18.0 Å². The number of likely N-dealkylation sites (tertiary alicyclic amines) is 1. The quantitative estimate of drug-likeness (QED) is 0.881. The molecule has 1 fully saturated rings. The molecular formula is C14H19N3O3. The molecule has 108 valence electrons. The first kappa shape index (κ1) is 14.5. The average Bonchev–Trinajstić information content (AvgIpc) is 2.83. The van der Waals surface area contributed by atoms with Crippen LogP contribution in [0.4, 0.5) is 0 Å². The lowest BCUT2D eigenvalue weighted by molar-refractivity contribution is 0.0690. The largest absolute Gasteiger partial charge is 0.477 e. The molecule has 2 rings (SSSR count). The van der Waals surface area contributed by atoms with Crippen LogP contribution in [0.1, 0.15) is 27.3 Å². The topological polar surface area (TPSA) is 73.7 Å². The number of carbonyl (C=O) groups excluding carboxylic acids is 1. The number of aromatic carboxylic acids is 1. The molecular weight excluding hydrogens is 258 g/mol. The van der Waals surface area contributed by atoms with Gasteiger partial charge in [0.05, 0.1) is 0 Å². The van der Waals surface area contributed by atoms with Crippen LogP contribution in [-0.2, 0) is 0 Å². The van der Waals surface area contributed by atoms with Crippen molar-refractivity contribution in [2.24, 2.45) is 5.92 Å². The zero-order valence-corrected chi connectivity index (χ0v) is 11.7. The van der Waals surface area contributed by atoms with Gasteiger partial charge in [0.1, 0.15) is 5.69 Å². The Morgan fingerprint density at radius 3 is 2.90 bits per heavy atom. The Balaban J connectivity index is 2.03. The molecule has 1 saturated heterocycles. The molecule has 1 aliphatic heterocycles. The predicted molar refractivity (Wildman–Crippen MR) is 73.8 cm³/mol. The van der Waals surface area contributed by atoms with Gasteiger partial charge in [-0.25, -0.2) is 9.78 Å². The fourth-order valence-electron chi connectivity index (χ4n) is 2.55. The smallest absolute Gasteiger partial charge is 0.354 e. The molecule has 0 radical (unpaired) electrons. The summed E-state index contributed by atoms with van der Waals surface area (Å²) in [6.07, 6.45) is 2.44. The zero-order valence-electron chi connectivity index (χ0n) is 11.7. The molecule has 2 heterocycles. The summed E-state index contributed by atoms with van der Waals surface area (Å²) in [6.45, 7) is 2.74. The summed E-state index contributed by atoms with van der Waals surface area (Å²) >= 11 is 0. The van der Waals surface area contributed by atoms with Crippen LogP contribution in [0.25, 0.3) is 0 Å². The molecule has 1 N–H and O–H groups in total. The lowest BCUT2D eigenvalue weighted by Crippen LogP contribution is -2.33. The number of carbonyl (C=O) groups is 2. The van der Waals surface area contributed by atoms with Crippen LogP contribution >= 0.6 is 0 Å². The third-order valence-electron chi connectivity index (χ3n) is 3.59. The number of hydrogen-bond acceptors (Lipinski definition) is 4. The molecule has 6 heteroatoms. The van der Waals surface area contributed by atoms with E-state index in [-0.39, 0.29) is 11.6 Å². The summed E-state index contributed by atoms with van der Waals surface area (Å²) in [5, 5.41) is 8.90. The summed E-state index contributed by atoms with van der Waals surface area (Å²) in [4.78, 5) is 30.8. The van der Waals surface area contributed by atoms with Crippen molar-refractivity contribution in [1.29, 1.82) is 0 Å². The SMILES string of the molecule is CN1CCC(CN(C)C(=O)c2ccnc(C(=O)O)c2)C1.